The van der Waals surface area contributed by atoms with Crippen LogP contribution in [0.25, 0.3) is 0 Å². The summed E-state index contributed by atoms with van der Waals surface area (Å²) in [5.74, 6) is -2.28. The molecule has 1 aliphatic rings. The van der Waals surface area contributed by atoms with Crippen molar-refractivity contribution in [1.29, 1.82) is 0 Å². The number of hydrogen-bond acceptors (Lipinski definition) is 4. The van der Waals surface area contributed by atoms with Crippen LogP contribution in [0.15, 0.2) is 18.2 Å². The van der Waals surface area contributed by atoms with Gasteiger partial charge in [0.25, 0.3) is 0 Å². The van der Waals surface area contributed by atoms with Gasteiger partial charge in [0.05, 0.1) is 18.2 Å². The van der Waals surface area contributed by atoms with Crippen molar-refractivity contribution in [3.8, 4) is 0 Å². The van der Waals surface area contributed by atoms with Crippen LogP contribution in [0, 0.1) is 11.6 Å². The second-order valence-electron chi connectivity index (χ2n) is 5.75. The fraction of sp³-hybridized carbons (Fsp3) is 0.533. The Hall–Kier alpha value is -1.37. The zero-order valence-corrected chi connectivity index (χ0v) is 12.2. The molecule has 0 amide bonds. The highest BCUT2D eigenvalue weighted by Crippen LogP contribution is 2.20. The van der Waals surface area contributed by atoms with Crippen molar-refractivity contribution < 1.29 is 18.7 Å². The molecule has 0 aliphatic carbocycles. The quantitative estimate of drug-likeness (QED) is 0.828. The molecule has 1 aromatic carbocycles. The molecule has 2 unspecified atom stereocenters. The molecule has 21 heavy (non-hydrogen) atoms. The lowest BCUT2D eigenvalue weighted by atomic mass is 10.1. The minimum Gasteiger partial charge on any atom is -0.392 e. The van der Waals surface area contributed by atoms with E-state index in [1.165, 1.54) is 6.07 Å². The Morgan fingerprint density at radius 1 is 1.38 bits per heavy atom. The number of nitrogens with zero attached hydrogens (tertiary/aromatic N) is 2. The third-order valence-corrected chi connectivity index (χ3v) is 3.67. The fourth-order valence-electron chi connectivity index (χ4n) is 2.79. The van der Waals surface area contributed by atoms with Gasteiger partial charge in [0.2, 0.25) is 0 Å². The Labute approximate surface area is 123 Å². The van der Waals surface area contributed by atoms with E-state index in [2.05, 4.69) is 0 Å². The van der Waals surface area contributed by atoms with Crippen molar-refractivity contribution in [2.75, 3.05) is 33.7 Å². The first-order chi connectivity index (χ1) is 9.88. The van der Waals surface area contributed by atoms with Crippen LogP contribution in [0.2, 0.25) is 0 Å². The molecule has 0 aromatic heterocycles. The van der Waals surface area contributed by atoms with Gasteiger partial charge in [0, 0.05) is 19.1 Å². The number of Topliss-reactive ketones (excluding diaryl/α,β-unsaturated/α-hetero) is 1. The van der Waals surface area contributed by atoms with Gasteiger partial charge in [-0.05, 0) is 32.6 Å². The predicted molar refractivity (Wildman–Crippen MR) is 75.2 cm³/mol. The maximum Gasteiger partial charge on any atom is 0.182 e. The van der Waals surface area contributed by atoms with Crippen LogP contribution in [0.4, 0.5) is 8.78 Å². The summed E-state index contributed by atoms with van der Waals surface area (Å²) in [4.78, 5) is 15.9. The van der Waals surface area contributed by atoms with E-state index in [0.29, 0.717) is 19.5 Å². The van der Waals surface area contributed by atoms with Crippen LogP contribution in [-0.4, -0.2) is 66.6 Å². The zero-order chi connectivity index (χ0) is 15.6. The minimum absolute atomic E-state index is 0.00813. The first-order valence-corrected chi connectivity index (χ1v) is 6.92. The van der Waals surface area contributed by atoms with Gasteiger partial charge in [0.15, 0.2) is 5.78 Å². The molecule has 1 aromatic rings. The Morgan fingerprint density at radius 2 is 2.00 bits per heavy atom. The van der Waals surface area contributed by atoms with Gasteiger partial charge < -0.3 is 10.0 Å². The van der Waals surface area contributed by atoms with E-state index in [-0.39, 0.29) is 12.6 Å². The van der Waals surface area contributed by atoms with Gasteiger partial charge in [-0.25, -0.2) is 8.78 Å². The lowest BCUT2D eigenvalue weighted by Crippen LogP contribution is -2.40. The molecule has 6 heteroatoms. The molecular weight excluding hydrogens is 278 g/mol. The van der Waals surface area contributed by atoms with Crippen LogP contribution in [-0.2, 0) is 0 Å². The molecule has 1 N–H and O–H groups in total. The summed E-state index contributed by atoms with van der Waals surface area (Å²) in [7, 11) is 3.81. The number of benzene rings is 1. The summed E-state index contributed by atoms with van der Waals surface area (Å²) in [6.45, 7) is 0.942. The number of carbonyl (C=O) groups is 1. The third-order valence-electron chi connectivity index (χ3n) is 3.67. The van der Waals surface area contributed by atoms with Crippen molar-refractivity contribution in [3.63, 3.8) is 0 Å². The fourth-order valence-corrected chi connectivity index (χ4v) is 2.79. The number of aliphatic hydroxyl groups excluding tert-OH is 1. The van der Waals surface area contributed by atoms with E-state index in [4.69, 9.17) is 0 Å². The Kier molecular flexibility index (Phi) is 5.03. The molecule has 0 saturated carbocycles. The van der Waals surface area contributed by atoms with Gasteiger partial charge in [-0.1, -0.05) is 6.07 Å². The SMILES string of the molecule is CN(C)CC1CC(O)CN1CC(=O)c1c(F)cccc1F. The van der Waals surface area contributed by atoms with Crippen LogP contribution in [0.1, 0.15) is 16.8 Å². The highest BCUT2D eigenvalue weighted by atomic mass is 19.1. The number of rotatable bonds is 5. The maximum atomic E-state index is 13.6. The lowest BCUT2D eigenvalue weighted by Gasteiger charge is -2.26. The number of hydrogen-bond donors (Lipinski definition) is 1. The first-order valence-electron chi connectivity index (χ1n) is 6.92. The van der Waals surface area contributed by atoms with E-state index in [0.717, 1.165) is 12.1 Å². The smallest absolute Gasteiger partial charge is 0.182 e. The molecule has 1 saturated heterocycles. The molecule has 0 radical (unpaired) electrons. The molecular formula is C15H20F2N2O2. The number of halogens is 2. The topological polar surface area (TPSA) is 43.8 Å². The summed E-state index contributed by atoms with van der Waals surface area (Å²) in [5.41, 5.74) is -0.498. The van der Waals surface area contributed by atoms with Crippen LogP contribution >= 0.6 is 0 Å². The van der Waals surface area contributed by atoms with Gasteiger partial charge in [-0.15, -0.1) is 0 Å². The number of likely N-dealkylation sites (N-methyl/N-ethyl adjacent to an activating group) is 1. The van der Waals surface area contributed by atoms with E-state index >= 15 is 0 Å². The number of aliphatic hydroxyl groups is 1. The molecule has 2 atom stereocenters. The molecule has 2 rings (SSSR count). The van der Waals surface area contributed by atoms with Crippen LogP contribution in [0.3, 0.4) is 0 Å². The summed E-state index contributed by atoms with van der Waals surface area (Å²) in [6.07, 6.45) is 0.0544. The standard InChI is InChI=1S/C15H20F2N2O2/c1-18(2)7-10-6-11(20)8-19(10)9-14(21)15-12(16)4-3-5-13(15)17/h3-5,10-11,20H,6-9H2,1-2H3. The molecule has 0 spiro atoms. The number of likely N-dealkylation sites (tertiary alicyclic amines) is 1. The lowest BCUT2D eigenvalue weighted by molar-refractivity contribution is 0.0894. The average molecular weight is 298 g/mol. The highest BCUT2D eigenvalue weighted by Gasteiger charge is 2.33. The minimum atomic E-state index is -0.844. The third kappa shape index (κ3) is 3.84. The molecule has 1 fully saturated rings. The Bertz CT molecular complexity index is 502. The molecule has 4 nitrogen and oxygen atoms in total. The van der Waals surface area contributed by atoms with Crippen molar-refractivity contribution in [2.24, 2.45) is 0 Å². The van der Waals surface area contributed by atoms with Crippen LogP contribution < -0.4 is 0 Å². The van der Waals surface area contributed by atoms with Crippen molar-refractivity contribution in [2.45, 2.75) is 18.6 Å². The zero-order valence-electron chi connectivity index (χ0n) is 12.2. The van der Waals surface area contributed by atoms with E-state index < -0.39 is 29.1 Å². The molecule has 116 valence electrons. The van der Waals surface area contributed by atoms with Crippen molar-refractivity contribution in [3.05, 3.63) is 35.4 Å². The average Bonchev–Trinajstić information content (AvgIpc) is 2.68. The van der Waals surface area contributed by atoms with Gasteiger partial charge >= 0.3 is 0 Å². The first kappa shape index (κ1) is 16.0. The second-order valence-corrected chi connectivity index (χ2v) is 5.75. The van der Waals surface area contributed by atoms with Gasteiger partial charge in [-0.2, -0.15) is 0 Å². The summed E-state index contributed by atoms with van der Waals surface area (Å²) < 4.78 is 27.2. The maximum absolute atomic E-state index is 13.6. The predicted octanol–water partition coefficient (Wildman–Crippen LogP) is 1.14. The van der Waals surface area contributed by atoms with E-state index in [1.54, 1.807) is 4.90 Å². The van der Waals surface area contributed by atoms with Crippen molar-refractivity contribution >= 4 is 5.78 Å². The molecule has 0 bridgehead atoms. The van der Waals surface area contributed by atoms with E-state index in [9.17, 15) is 18.7 Å². The number of ketones is 1. The number of β-amino-alcohol motifs (C(OH)–C–C–N with tert-alkyl or cyclic N) is 1. The normalized spacial score (nSPS) is 23.0. The summed E-state index contributed by atoms with van der Waals surface area (Å²) >= 11 is 0. The molecule has 1 aliphatic heterocycles. The highest BCUT2D eigenvalue weighted by molar-refractivity contribution is 5.98. The second kappa shape index (κ2) is 6.60. The Morgan fingerprint density at radius 3 is 2.57 bits per heavy atom. The van der Waals surface area contributed by atoms with E-state index in [1.807, 2.05) is 19.0 Å². The summed E-state index contributed by atoms with van der Waals surface area (Å²) in [5, 5.41) is 9.76. The van der Waals surface area contributed by atoms with Gasteiger partial charge in [0.1, 0.15) is 11.6 Å². The van der Waals surface area contributed by atoms with Gasteiger partial charge in [-0.3, -0.25) is 9.69 Å². The Balaban J connectivity index is 2.11. The monoisotopic (exact) mass is 298 g/mol. The van der Waals surface area contributed by atoms with Crippen LogP contribution in [0.5, 0.6) is 0 Å². The largest absolute Gasteiger partial charge is 0.392 e. The molecule has 1 heterocycles. The summed E-state index contributed by atoms with van der Waals surface area (Å²) in [6, 6.07) is 3.39. The number of carbonyl (C=O) groups excluding carboxylic acids is 1. The van der Waals surface area contributed by atoms with Crippen molar-refractivity contribution in [1.82, 2.24) is 9.80 Å².